The van der Waals surface area contributed by atoms with Crippen molar-refractivity contribution >= 4 is 28.4 Å². The summed E-state index contributed by atoms with van der Waals surface area (Å²) in [6.07, 6.45) is 0.829. The zero-order valence-electron chi connectivity index (χ0n) is 14.0. The van der Waals surface area contributed by atoms with E-state index in [1.165, 1.54) is 12.1 Å². The number of nitrogens with zero attached hydrogens (tertiary/aromatic N) is 1. The predicted molar refractivity (Wildman–Crippen MR) is 105 cm³/mol. The number of nitrogens with one attached hydrogen (secondary N) is 1. The Morgan fingerprint density at radius 3 is 2.65 bits per heavy atom. The molecule has 1 aliphatic rings. The number of hydrogen-bond acceptors (Lipinski definition) is 4. The molecule has 4 nitrogen and oxygen atoms in total. The van der Waals surface area contributed by atoms with E-state index in [2.05, 4.69) is 27.9 Å². The molecular weight excluding hydrogens is 446 g/mol. The molecule has 2 aromatic rings. The van der Waals surface area contributed by atoms with Crippen LogP contribution in [-0.2, 0) is 0 Å². The van der Waals surface area contributed by atoms with Gasteiger partial charge in [-0.2, -0.15) is 5.26 Å². The number of nitriles is 1. The third kappa shape index (κ3) is 4.05. The third-order valence-corrected chi connectivity index (χ3v) is 5.49. The predicted octanol–water partition coefficient (Wildman–Crippen LogP) is 3.93. The quantitative estimate of drug-likeness (QED) is 0.538. The molecule has 134 valence electrons. The monoisotopic (exact) mass is 464 g/mol. The van der Waals surface area contributed by atoms with Crippen molar-refractivity contribution in [2.75, 3.05) is 13.1 Å². The number of ether oxygens (including phenoxy) is 1. The zero-order chi connectivity index (χ0) is 18.5. The summed E-state index contributed by atoms with van der Waals surface area (Å²) in [6.45, 7) is 1.61. The normalized spacial score (nSPS) is 15.9. The van der Waals surface area contributed by atoms with Gasteiger partial charge in [0.1, 0.15) is 23.2 Å². The summed E-state index contributed by atoms with van der Waals surface area (Å²) in [5.74, 6) is -0.643. The van der Waals surface area contributed by atoms with E-state index in [9.17, 15) is 14.4 Å². The molecule has 0 radical (unpaired) electrons. The van der Waals surface area contributed by atoms with Crippen LogP contribution in [0.4, 0.5) is 4.39 Å². The van der Waals surface area contributed by atoms with Crippen LogP contribution in [-0.4, -0.2) is 25.0 Å². The number of halogens is 2. The first kappa shape index (κ1) is 18.8. The van der Waals surface area contributed by atoms with Gasteiger partial charge in [0.2, 0.25) is 5.78 Å². The average Bonchev–Trinajstić information content (AvgIpc) is 2.67. The smallest absolute Gasteiger partial charge is 0.204 e. The summed E-state index contributed by atoms with van der Waals surface area (Å²) in [7, 11) is 0. The first-order valence-electron chi connectivity index (χ1n) is 8.46. The summed E-state index contributed by atoms with van der Waals surface area (Å²) >= 11 is 2.13. The fourth-order valence-electron chi connectivity index (χ4n) is 3.17. The van der Waals surface area contributed by atoms with Crippen molar-refractivity contribution in [2.24, 2.45) is 5.92 Å². The Hall–Kier alpha value is -1.98. The Bertz CT molecular complexity index is 844. The minimum Gasteiger partial charge on any atom is -0.480 e. The highest BCUT2D eigenvalue weighted by atomic mass is 127. The Balaban J connectivity index is 1.97. The van der Waals surface area contributed by atoms with Gasteiger partial charge in [-0.25, -0.2) is 4.39 Å². The van der Waals surface area contributed by atoms with Gasteiger partial charge in [-0.1, -0.05) is 24.3 Å². The Kier molecular flexibility index (Phi) is 6.22. The van der Waals surface area contributed by atoms with Crippen LogP contribution in [0.15, 0.2) is 42.5 Å². The molecule has 1 unspecified atom stereocenters. The van der Waals surface area contributed by atoms with E-state index in [1.807, 2.05) is 24.3 Å². The van der Waals surface area contributed by atoms with E-state index in [0.29, 0.717) is 5.56 Å². The van der Waals surface area contributed by atoms with E-state index in [-0.39, 0.29) is 23.0 Å². The van der Waals surface area contributed by atoms with Crippen molar-refractivity contribution in [2.45, 2.75) is 18.9 Å². The molecule has 0 amide bonds. The van der Waals surface area contributed by atoms with Crippen molar-refractivity contribution in [3.8, 4) is 11.8 Å². The summed E-state index contributed by atoms with van der Waals surface area (Å²) in [5.41, 5.74) is 0.425. The van der Waals surface area contributed by atoms with Gasteiger partial charge in [0, 0.05) is 15.1 Å². The first-order valence-corrected chi connectivity index (χ1v) is 9.54. The lowest BCUT2D eigenvalue weighted by atomic mass is 9.87. The SMILES string of the molecule is N#Cc1c(F)cccc1OC(C(=O)c1ccccc1I)C1CCNCC1. The van der Waals surface area contributed by atoms with Gasteiger partial charge in [0.05, 0.1) is 0 Å². The maximum atomic E-state index is 13.9. The third-order valence-electron chi connectivity index (χ3n) is 4.55. The Labute approximate surface area is 165 Å². The molecule has 1 N–H and O–H groups in total. The molecule has 1 fully saturated rings. The number of carbonyl (C=O) groups excluding carboxylic acids is 1. The number of hydrogen-bond donors (Lipinski definition) is 1. The van der Waals surface area contributed by atoms with Crippen molar-refractivity contribution in [1.29, 1.82) is 5.26 Å². The fraction of sp³-hybridized carbons (Fsp3) is 0.300. The number of carbonyl (C=O) groups is 1. The number of ketones is 1. The van der Waals surface area contributed by atoms with Crippen LogP contribution in [0.5, 0.6) is 5.75 Å². The largest absolute Gasteiger partial charge is 0.480 e. The summed E-state index contributed by atoms with van der Waals surface area (Å²) < 4.78 is 20.8. The van der Waals surface area contributed by atoms with Crippen LogP contribution in [0.1, 0.15) is 28.8 Å². The topological polar surface area (TPSA) is 62.1 Å². The van der Waals surface area contributed by atoms with Gasteiger partial charge in [0.25, 0.3) is 0 Å². The molecule has 26 heavy (non-hydrogen) atoms. The second-order valence-corrected chi connectivity index (χ2v) is 7.36. The van der Waals surface area contributed by atoms with Crippen LogP contribution in [0.25, 0.3) is 0 Å². The van der Waals surface area contributed by atoms with E-state index in [1.54, 1.807) is 12.1 Å². The van der Waals surface area contributed by atoms with Crippen molar-refractivity contribution < 1.29 is 13.9 Å². The molecule has 1 aliphatic heterocycles. The second kappa shape index (κ2) is 8.60. The highest BCUT2D eigenvalue weighted by Gasteiger charge is 2.33. The van der Waals surface area contributed by atoms with Crippen molar-refractivity contribution in [3.63, 3.8) is 0 Å². The standard InChI is InChI=1S/C20H18FIN2O2/c21-16-5-3-7-18(15(16)12-23)26-20(13-8-10-24-11-9-13)19(25)14-4-1-2-6-17(14)22/h1-7,13,20,24H,8-11H2. The van der Waals surface area contributed by atoms with Gasteiger partial charge in [-0.3, -0.25) is 4.79 Å². The van der Waals surface area contributed by atoms with Crippen molar-refractivity contribution in [3.05, 3.63) is 63.0 Å². The minimum absolute atomic E-state index is 0.00886. The Morgan fingerprint density at radius 2 is 1.96 bits per heavy atom. The minimum atomic E-state index is -0.748. The fourth-order valence-corrected chi connectivity index (χ4v) is 3.83. The maximum absolute atomic E-state index is 13.9. The maximum Gasteiger partial charge on any atom is 0.204 e. The van der Waals surface area contributed by atoms with E-state index < -0.39 is 11.9 Å². The van der Waals surface area contributed by atoms with Crippen LogP contribution in [0.3, 0.4) is 0 Å². The lowest BCUT2D eigenvalue weighted by Gasteiger charge is -2.30. The van der Waals surface area contributed by atoms with Gasteiger partial charge in [-0.05, 0) is 66.7 Å². The van der Waals surface area contributed by atoms with Crippen LogP contribution >= 0.6 is 22.6 Å². The van der Waals surface area contributed by atoms with E-state index in [4.69, 9.17) is 4.74 Å². The van der Waals surface area contributed by atoms with E-state index >= 15 is 0 Å². The van der Waals surface area contributed by atoms with E-state index in [0.717, 1.165) is 29.5 Å². The molecule has 2 aromatic carbocycles. The zero-order valence-corrected chi connectivity index (χ0v) is 16.2. The lowest BCUT2D eigenvalue weighted by molar-refractivity contribution is 0.0625. The molecule has 0 bridgehead atoms. The number of rotatable bonds is 5. The molecule has 1 saturated heterocycles. The lowest BCUT2D eigenvalue weighted by Crippen LogP contribution is -2.41. The van der Waals surface area contributed by atoms with Gasteiger partial charge >= 0.3 is 0 Å². The Morgan fingerprint density at radius 1 is 1.23 bits per heavy atom. The molecule has 0 saturated carbocycles. The van der Waals surface area contributed by atoms with Crippen molar-refractivity contribution in [1.82, 2.24) is 5.32 Å². The summed E-state index contributed by atoms with van der Waals surface area (Å²) in [4.78, 5) is 13.2. The molecule has 1 heterocycles. The number of benzene rings is 2. The molecule has 0 aliphatic carbocycles. The molecule has 1 atom stereocenters. The summed E-state index contributed by atoms with van der Waals surface area (Å²) in [5, 5.41) is 12.5. The molecule has 0 aromatic heterocycles. The van der Waals surface area contributed by atoms with Gasteiger partial charge in [-0.15, -0.1) is 0 Å². The highest BCUT2D eigenvalue weighted by Crippen LogP contribution is 2.29. The van der Waals surface area contributed by atoms with Gasteiger partial charge < -0.3 is 10.1 Å². The summed E-state index contributed by atoms with van der Waals surface area (Å²) in [6, 6.07) is 13.4. The number of piperidine rings is 1. The molecule has 3 rings (SSSR count). The van der Waals surface area contributed by atoms with Crippen LogP contribution in [0, 0.1) is 26.6 Å². The molecule has 0 spiro atoms. The first-order chi connectivity index (χ1) is 12.6. The van der Waals surface area contributed by atoms with Crippen LogP contribution < -0.4 is 10.1 Å². The number of Topliss-reactive ketones (excluding diaryl/α,β-unsaturated/α-hetero) is 1. The second-order valence-electron chi connectivity index (χ2n) is 6.19. The molecular formula is C20H18FIN2O2. The molecule has 6 heteroatoms. The highest BCUT2D eigenvalue weighted by molar-refractivity contribution is 14.1. The van der Waals surface area contributed by atoms with Gasteiger partial charge in [0.15, 0.2) is 6.10 Å². The van der Waals surface area contributed by atoms with Crippen LogP contribution in [0.2, 0.25) is 0 Å². The average molecular weight is 464 g/mol.